The van der Waals surface area contributed by atoms with Gasteiger partial charge in [0.05, 0.1) is 17.1 Å². The normalized spacial score (nSPS) is 14.9. The van der Waals surface area contributed by atoms with Crippen LogP contribution in [0.4, 0.5) is 0 Å². The molecule has 0 aliphatic heterocycles. The van der Waals surface area contributed by atoms with Crippen LogP contribution >= 0.6 is 0 Å². The molecule has 0 radical (unpaired) electrons. The van der Waals surface area contributed by atoms with Crippen molar-refractivity contribution >= 4 is 15.8 Å². The first-order valence-electron chi connectivity index (χ1n) is 5.62. The number of carbonyl (C=O) groups is 1. The van der Waals surface area contributed by atoms with E-state index >= 15 is 0 Å². The predicted molar refractivity (Wildman–Crippen MR) is 69.3 cm³/mol. The van der Waals surface area contributed by atoms with Crippen molar-refractivity contribution < 1.29 is 23.4 Å². The van der Waals surface area contributed by atoms with Crippen molar-refractivity contribution in [2.75, 3.05) is 13.2 Å². The Kier molecular flexibility index (Phi) is 4.81. The lowest BCUT2D eigenvalue weighted by Crippen LogP contribution is -2.43. The molecule has 1 aromatic carbocycles. The minimum atomic E-state index is -3.83. The summed E-state index contributed by atoms with van der Waals surface area (Å²) in [5.74, 6) is -0.237. The molecule has 0 aromatic heterocycles. The van der Waals surface area contributed by atoms with Gasteiger partial charge >= 0.3 is 0 Å². The standard InChI is InChI=1S/C12H17NO5S/c1-9(15)10-4-3-5-11(6-10)19(17,18)13-7-12(2,16)8-14/h3-6,13-14,16H,7-8H2,1-2H3. The Morgan fingerprint density at radius 3 is 2.58 bits per heavy atom. The quantitative estimate of drug-likeness (QED) is 0.634. The number of hydrogen-bond donors (Lipinski definition) is 3. The number of benzene rings is 1. The van der Waals surface area contributed by atoms with Crippen LogP contribution in [0.25, 0.3) is 0 Å². The molecule has 1 rings (SSSR count). The molecule has 0 fully saturated rings. The molecular weight excluding hydrogens is 270 g/mol. The van der Waals surface area contributed by atoms with Gasteiger partial charge in [-0.1, -0.05) is 12.1 Å². The zero-order valence-corrected chi connectivity index (χ0v) is 11.6. The van der Waals surface area contributed by atoms with Gasteiger partial charge in [0.15, 0.2) is 5.78 Å². The van der Waals surface area contributed by atoms with Gasteiger partial charge in [0.2, 0.25) is 10.0 Å². The fourth-order valence-corrected chi connectivity index (χ4v) is 2.48. The van der Waals surface area contributed by atoms with Crippen LogP contribution in [0.1, 0.15) is 24.2 Å². The van der Waals surface area contributed by atoms with Gasteiger partial charge in [-0.2, -0.15) is 0 Å². The summed E-state index contributed by atoms with van der Waals surface area (Å²) in [7, 11) is -3.83. The highest BCUT2D eigenvalue weighted by atomic mass is 32.2. The number of aliphatic hydroxyl groups is 2. The molecule has 0 bridgehead atoms. The molecule has 19 heavy (non-hydrogen) atoms. The summed E-state index contributed by atoms with van der Waals surface area (Å²) in [5.41, 5.74) is -1.25. The fourth-order valence-electron chi connectivity index (χ4n) is 1.27. The molecule has 7 heteroatoms. The van der Waals surface area contributed by atoms with Crippen LogP contribution in [0.5, 0.6) is 0 Å². The van der Waals surface area contributed by atoms with E-state index in [4.69, 9.17) is 5.11 Å². The molecule has 0 spiro atoms. The molecule has 1 atom stereocenters. The van der Waals surface area contributed by atoms with Gasteiger partial charge in [-0.05, 0) is 26.0 Å². The van der Waals surface area contributed by atoms with E-state index < -0.39 is 22.2 Å². The summed E-state index contributed by atoms with van der Waals surface area (Å²) >= 11 is 0. The zero-order chi connectivity index (χ0) is 14.7. The number of nitrogens with one attached hydrogen (secondary N) is 1. The predicted octanol–water partition coefficient (Wildman–Crippen LogP) is -0.0892. The van der Waals surface area contributed by atoms with E-state index in [1.54, 1.807) is 0 Å². The number of ketones is 1. The van der Waals surface area contributed by atoms with Crippen LogP contribution in [0, 0.1) is 0 Å². The molecule has 0 saturated carbocycles. The highest BCUT2D eigenvalue weighted by Gasteiger charge is 2.23. The first-order chi connectivity index (χ1) is 8.68. The van der Waals surface area contributed by atoms with Crippen molar-refractivity contribution in [2.45, 2.75) is 24.3 Å². The molecule has 0 saturated heterocycles. The summed E-state index contributed by atoms with van der Waals surface area (Å²) in [5, 5.41) is 18.4. The molecule has 0 aliphatic rings. The molecule has 0 heterocycles. The van der Waals surface area contributed by atoms with Crippen LogP contribution in [0.15, 0.2) is 29.2 Å². The first kappa shape index (κ1) is 15.8. The van der Waals surface area contributed by atoms with Gasteiger partial charge in [0.1, 0.15) is 0 Å². The molecule has 1 unspecified atom stereocenters. The average Bonchev–Trinajstić information content (AvgIpc) is 2.37. The van der Waals surface area contributed by atoms with Gasteiger partial charge in [0.25, 0.3) is 0 Å². The van der Waals surface area contributed by atoms with Gasteiger partial charge < -0.3 is 10.2 Å². The first-order valence-corrected chi connectivity index (χ1v) is 7.10. The summed E-state index contributed by atoms with van der Waals surface area (Å²) in [4.78, 5) is 11.1. The third-order valence-corrected chi connectivity index (χ3v) is 3.93. The van der Waals surface area contributed by atoms with Crippen molar-refractivity contribution in [1.82, 2.24) is 4.72 Å². The number of carbonyl (C=O) groups excluding carboxylic acids is 1. The lowest BCUT2D eigenvalue weighted by atomic mass is 10.1. The Hall–Kier alpha value is -1.28. The van der Waals surface area contributed by atoms with Crippen molar-refractivity contribution in [3.63, 3.8) is 0 Å². The van der Waals surface area contributed by atoms with Crippen molar-refractivity contribution in [3.8, 4) is 0 Å². The Morgan fingerprint density at radius 1 is 1.42 bits per heavy atom. The van der Waals surface area contributed by atoms with E-state index in [2.05, 4.69) is 4.72 Å². The minimum absolute atomic E-state index is 0.0612. The summed E-state index contributed by atoms with van der Waals surface area (Å²) in [6.45, 7) is 1.76. The smallest absolute Gasteiger partial charge is 0.240 e. The zero-order valence-electron chi connectivity index (χ0n) is 10.8. The Bertz CT molecular complexity index is 565. The molecular formula is C12H17NO5S. The third kappa shape index (κ3) is 4.39. The monoisotopic (exact) mass is 287 g/mol. The summed E-state index contributed by atoms with van der Waals surface area (Å²) < 4.78 is 26.1. The highest BCUT2D eigenvalue weighted by Crippen LogP contribution is 2.12. The van der Waals surface area contributed by atoms with Gasteiger partial charge in [-0.15, -0.1) is 0 Å². The van der Waals surface area contributed by atoms with Gasteiger partial charge in [-0.3, -0.25) is 4.79 Å². The fraction of sp³-hybridized carbons (Fsp3) is 0.417. The second-order valence-corrected chi connectivity index (χ2v) is 6.33. The Morgan fingerprint density at radius 2 is 2.05 bits per heavy atom. The molecule has 3 N–H and O–H groups in total. The SMILES string of the molecule is CC(=O)c1cccc(S(=O)(=O)NCC(C)(O)CO)c1. The molecule has 1 aromatic rings. The number of sulfonamides is 1. The third-order valence-electron chi connectivity index (χ3n) is 2.53. The molecule has 0 aliphatic carbocycles. The maximum Gasteiger partial charge on any atom is 0.240 e. The minimum Gasteiger partial charge on any atom is -0.393 e. The maximum atomic E-state index is 12.0. The maximum absolute atomic E-state index is 12.0. The van der Waals surface area contributed by atoms with Gasteiger partial charge in [-0.25, -0.2) is 13.1 Å². The van der Waals surface area contributed by atoms with E-state index in [-0.39, 0.29) is 22.8 Å². The topological polar surface area (TPSA) is 104 Å². The molecule has 6 nitrogen and oxygen atoms in total. The molecule has 106 valence electrons. The van der Waals surface area contributed by atoms with Crippen molar-refractivity contribution in [3.05, 3.63) is 29.8 Å². The Balaban J connectivity index is 2.95. The van der Waals surface area contributed by atoms with Crippen LogP contribution in [-0.2, 0) is 10.0 Å². The van der Waals surface area contributed by atoms with Crippen molar-refractivity contribution in [2.24, 2.45) is 0 Å². The van der Waals surface area contributed by atoms with Crippen molar-refractivity contribution in [1.29, 1.82) is 0 Å². The molecule has 0 amide bonds. The lowest BCUT2D eigenvalue weighted by molar-refractivity contribution is 0.00681. The number of rotatable bonds is 6. The van der Waals surface area contributed by atoms with E-state index in [1.807, 2.05) is 0 Å². The van der Waals surface area contributed by atoms with E-state index in [1.165, 1.54) is 38.1 Å². The van der Waals surface area contributed by atoms with E-state index in [0.29, 0.717) is 0 Å². The van der Waals surface area contributed by atoms with E-state index in [0.717, 1.165) is 0 Å². The second kappa shape index (κ2) is 5.79. The average molecular weight is 287 g/mol. The van der Waals surface area contributed by atoms with Crippen LogP contribution < -0.4 is 4.72 Å². The van der Waals surface area contributed by atoms with Crippen LogP contribution in [0.2, 0.25) is 0 Å². The summed E-state index contributed by atoms with van der Waals surface area (Å²) in [6, 6.07) is 5.60. The number of hydrogen-bond acceptors (Lipinski definition) is 5. The highest BCUT2D eigenvalue weighted by molar-refractivity contribution is 7.89. The second-order valence-electron chi connectivity index (χ2n) is 4.56. The van der Waals surface area contributed by atoms with E-state index in [9.17, 15) is 18.3 Å². The number of aliphatic hydroxyl groups excluding tert-OH is 1. The van der Waals surface area contributed by atoms with Crippen LogP contribution in [0.3, 0.4) is 0 Å². The number of Topliss-reactive ketones (excluding diaryl/α,β-unsaturated/α-hetero) is 1. The van der Waals surface area contributed by atoms with Gasteiger partial charge in [0, 0.05) is 12.1 Å². The summed E-state index contributed by atoms with van der Waals surface area (Å²) in [6.07, 6.45) is 0. The lowest BCUT2D eigenvalue weighted by Gasteiger charge is -2.20. The Labute approximate surface area is 112 Å². The van der Waals surface area contributed by atoms with Crippen LogP contribution in [-0.4, -0.2) is 43.2 Å². The largest absolute Gasteiger partial charge is 0.393 e.